The molecular formula is C29H30Cl2F2N2O9S. The Labute approximate surface area is 268 Å². The number of esters is 1. The van der Waals surface area contributed by atoms with E-state index in [0.29, 0.717) is 10.5 Å². The maximum Gasteiger partial charge on any atom is 0.387 e. The van der Waals surface area contributed by atoms with E-state index in [1.807, 2.05) is 0 Å². The van der Waals surface area contributed by atoms with Crippen molar-refractivity contribution in [2.24, 2.45) is 5.92 Å². The number of ether oxygens (including phenoxy) is 5. The van der Waals surface area contributed by atoms with E-state index >= 15 is 0 Å². The molecular weight excluding hydrogens is 661 g/mol. The molecule has 1 aliphatic rings. The number of benzene rings is 2. The molecule has 244 valence electrons. The number of hydrogen-bond acceptors (Lipinski definition) is 9. The van der Waals surface area contributed by atoms with E-state index in [9.17, 15) is 27.2 Å². The average Bonchev–Trinajstić information content (AvgIpc) is 3.81. The molecule has 0 bridgehead atoms. The SMILES string of the molecule is COc1ccc(S(=O)(=O)N(C)CC(=O)O[C@@H](Cc2c(Cl)c[n+]([O-])cc2Cl)c2ccc(OC(F)F)c(OCC3CC3)c2)cc1OC. The summed E-state index contributed by atoms with van der Waals surface area (Å²) in [6.07, 6.45) is 2.68. The molecule has 0 amide bonds. The lowest BCUT2D eigenvalue weighted by Crippen LogP contribution is -2.34. The number of aromatic nitrogens is 1. The van der Waals surface area contributed by atoms with Crippen LogP contribution in [0.3, 0.4) is 0 Å². The Balaban J connectivity index is 1.62. The summed E-state index contributed by atoms with van der Waals surface area (Å²) in [7, 11) is -0.242. The van der Waals surface area contributed by atoms with Crippen LogP contribution in [0.1, 0.15) is 30.1 Å². The van der Waals surface area contributed by atoms with Gasteiger partial charge in [-0.25, -0.2) is 8.42 Å². The van der Waals surface area contributed by atoms with Crippen molar-refractivity contribution in [3.8, 4) is 23.0 Å². The molecule has 0 saturated heterocycles. The number of hydrogen-bond donors (Lipinski definition) is 0. The standard InChI is InChI=1S/C29H30Cl2F2N2O9S/c1-34(45(38,39)19-7-9-23(40-2)26(11-19)41-3)15-28(36)43-25(12-20-21(30)13-35(37)14-22(20)31)18-6-8-24(44-29(32)33)27(10-18)42-16-17-4-5-17/h6-11,13-14,17,25,29H,4-5,12,15-16H2,1-3H3/t25-/m0/s1. The minimum atomic E-state index is -4.19. The molecule has 0 N–H and O–H groups in total. The predicted molar refractivity (Wildman–Crippen MR) is 159 cm³/mol. The number of alkyl halides is 2. The lowest BCUT2D eigenvalue weighted by molar-refractivity contribution is -0.605. The molecule has 1 saturated carbocycles. The van der Waals surface area contributed by atoms with E-state index in [2.05, 4.69) is 4.74 Å². The minimum Gasteiger partial charge on any atom is -0.619 e. The molecule has 0 aliphatic heterocycles. The quantitative estimate of drug-likeness (QED) is 0.120. The number of methoxy groups -OCH3 is 2. The molecule has 2 aromatic carbocycles. The maximum absolute atomic E-state index is 13.3. The van der Waals surface area contributed by atoms with Crippen LogP contribution in [0.5, 0.6) is 23.0 Å². The first-order valence-electron chi connectivity index (χ1n) is 13.5. The van der Waals surface area contributed by atoms with Crippen LogP contribution < -0.4 is 23.7 Å². The van der Waals surface area contributed by atoms with Crippen LogP contribution in [-0.4, -0.2) is 59.7 Å². The van der Waals surface area contributed by atoms with Crippen molar-refractivity contribution in [3.63, 3.8) is 0 Å². The highest BCUT2D eigenvalue weighted by Gasteiger charge is 2.29. The summed E-state index contributed by atoms with van der Waals surface area (Å²) >= 11 is 12.6. The van der Waals surface area contributed by atoms with Crippen LogP contribution in [0.4, 0.5) is 8.78 Å². The maximum atomic E-state index is 13.3. The molecule has 1 heterocycles. The van der Waals surface area contributed by atoms with E-state index in [4.69, 9.17) is 42.1 Å². The highest BCUT2D eigenvalue weighted by molar-refractivity contribution is 7.89. The Morgan fingerprint density at radius 1 is 1.02 bits per heavy atom. The number of nitrogens with zero attached hydrogens (tertiary/aromatic N) is 2. The monoisotopic (exact) mass is 690 g/mol. The zero-order valence-corrected chi connectivity index (χ0v) is 26.7. The lowest BCUT2D eigenvalue weighted by atomic mass is 10.0. The Kier molecular flexibility index (Phi) is 11.2. The van der Waals surface area contributed by atoms with Gasteiger partial charge in [0.15, 0.2) is 35.4 Å². The van der Waals surface area contributed by atoms with Gasteiger partial charge in [-0.2, -0.15) is 17.8 Å². The average molecular weight is 692 g/mol. The number of likely N-dealkylation sites (N-methyl/N-ethyl adjacent to an activating group) is 1. The van der Waals surface area contributed by atoms with Crippen LogP contribution in [0.25, 0.3) is 0 Å². The van der Waals surface area contributed by atoms with Crippen molar-refractivity contribution >= 4 is 39.2 Å². The van der Waals surface area contributed by atoms with Gasteiger partial charge in [-0.05, 0) is 48.6 Å². The summed E-state index contributed by atoms with van der Waals surface area (Å²) in [4.78, 5) is 13.1. The van der Waals surface area contributed by atoms with Crippen LogP contribution in [-0.2, 0) is 26.0 Å². The van der Waals surface area contributed by atoms with E-state index in [0.717, 1.165) is 29.5 Å². The third-order valence-corrected chi connectivity index (χ3v) is 9.31. The fourth-order valence-electron chi connectivity index (χ4n) is 4.28. The molecule has 1 aliphatic carbocycles. The second-order valence-electron chi connectivity index (χ2n) is 10.1. The molecule has 1 aromatic heterocycles. The highest BCUT2D eigenvalue weighted by Crippen LogP contribution is 2.38. The van der Waals surface area contributed by atoms with Crippen LogP contribution >= 0.6 is 23.2 Å². The first kappa shape index (κ1) is 34.3. The number of carbonyl (C=O) groups excluding carboxylic acids is 1. The van der Waals surface area contributed by atoms with E-state index in [1.165, 1.54) is 57.7 Å². The largest absolute Gasteiger partial charge is 0.619 e. The number of halogens is 4. The Hall–Kier alpha value is -3.59. The first-order valence-corrected chi connectivity index (χ1v) is 15.7. The van der Waals surface area contributed by atoms with Crippen molar-refractivity contribution in [2.75, 3.05) is 34.4 Å². The summed E-state index contributed by atoms with van der Waals surface area (Å²) < 4.78 is 80.4. The topological polar surface area (TPSA) is 128 Å². The fraction of sp³-hybridized carbons (Fsp3) is 0.379. The zero-order valence-electron chi connectivity index (χ0n) is 24.4. The van der Waals surface area contributed by atoms with Crippen molar-refractivity contribution in [1.82, 2.24) is 4.31 Å². The molecule has 4 rings (SSSR count). The van der Waals surface area contributed by atoms with Gasteiger partial charge in [0, 0.05) is 25.1 Å². The van der Waals surface area contributed by atoms with Crippen molar-refractivity contribution in [2.45, 2.75) is 36.9 Å². The molecule has 1 fully saturated rings. The van der Waals surface area contributed by atoms with E-state index in [-0.39, 0.29) is 62.3 Å². The normalized spacial score (nSPS) is 13.9. The van der Waals surface area contributed by atoms with Gasteiger partial charge in [-0.15, -0.1) is 0 Å². The first-order chi connectivity index (χ1) is 21.3. The molecule has 3 aromatic rings. The Bertz CT molecular complexity index is 1620. The summed E-state index contributed by atoms with van der Waals surface area (Å²) in [5.41, 5.74) is 0.537. The molecule has 11 nitrogen and oxygen atoms in total. The van der Waals surface area contributed by atoms with Gasteiger partial charge < -0.3 is 28.9 Å². The van der Waals surface area contributed by atoms with Gasteiger partial charge in [0.1, 0.15) is 22.7 Å². The van der Waals surface area contributed by atoms with E-state index in [1.54, 1.807) is 0 Å². The van der Waals surface area contributed by atoms with Gasteiger partial charge in [-0.1, -0.05) is 29.3 Å². The molecule has 1 atom stereocenters. The third-order valence-electron chi connectivity index (χ3n) is 6.86. The Morgan fingerprint density at radius 3 is 2.27 bits per heavy atom. The molecule has 45 heavy (non-hydrogen) atoms. The van der Waals surface area contributed by atoms with Gasteiger partial charge in [0.25, 0.3) is 0 Å². The van der Waals surface area contributed by atoms with Crippen LogP contribution in [0.2, 0.25) is 10.0 Å². The fourth-order valence-corrected chi connectivity index (χ4v) is 6.01. The van der Waals surface area contributed by atoms with Crippen molar-refractivity contribution in [1.29, 1.82) is 0 Å². The second kappa shape index (κ2) is 14.7. The van der Waals surface area contributed by atoms with Crippen LogP contribution in [0, 0.1) is 11.1 Å². The highest BCUT2D eigenvalue weighted by atomic mass is 35.5. The van der Waals surface area contributed by atoms with Crippen LogP contribution in [0.15, 0.2) is 53.7 Å². The third kappa shape index (κ3) is 8.78. The summed E-state index contributed by atoms with van der Waals surface area (Å²) in [6, 6.07) is 8.00. The lowest BCUT2D eigenvalue weighted by Gasteiger charge is -2.23. The van der Waals surface area contributed by atoms with Gasteiger partial charge in [-0.3, -0.25) is 4.79 Å². The van der Waals surface area contributed by atoms with Crippen molar-refractivity contribution < 1.29 is 50.4 Å². The summed E-state index contributed by atoms with van der Waals surface area (Å²) in [5.74, 6) is -0.412. The molecule has 0 spiro atoms. The number of carbonyl (C=O) groups is 1. The number of pyridine rings is 1. The molecule has 0 unspecified atom stereocenters. The summed E-state index contributed by atoms with van der Waals surface area (Å²) in [5, 5.41) is 11.8. The second-order valence-corrected chi connectivity index (χ2v) is 13.0. The van der Waals surface area contributed by atoms with Crippen molar-refractivity contribution in [3.05, 3.63) is 75.2 Å². The van der Waals surface area contributed by atoms with Gasteiger partial charge >= 0.3 is 12.6 Å². The Morgan fingerprint density at radius 2 is 1.67 bits per heavy atom. The predicted octanol–water partition coefficient (Wildman–Crippen LogP) is 5.18. The molecule has 0 radical (unpaired) electrons. The minimum absolute atomic E-state index is 0.00319. The number of sulfonamides is 1. The number of rotatable bonds is 15. The van der Waals surface area contributed by atoms with E-state index < -0.39 is 35.3 Å². The van der Waals surface area contributed by atoms with Gasteiger partial charge in [0.05, 0.1) is 25.7 Å². The zero-order chi connectivity index (χ0) is 32.9. The summed E-state index contributed by atoms with van der Waals surface area (Å²) in [6.45, 7) is -3.55. The molecule has 16 heteroatoms. The smallest absolute Gasteiger partial charge is 0.387 e. The van der Waals surface area contributed by atoms with Gasteiger partial charge in [0.2, 0.25) is 10.0 Å².